The van der Waals surface area contributed by atoms with Gasteiger partial charge in [0, 0.05) is 0 Å². The Morgan fingerprint density at radius 2 is 1.17 bits per heavy atom. The molecule has 0 rings (SSSR count). The number of hydrogen-bond acceptors (Lipinski definition) is 3. The highest BCUT2D eigenvalue weighted by Gasteiger charge is 2.21. The lowest BCUT2D eigenvalue weighted by atomic mass is 9.96. The average Bonchev–Trinajstić information content (AvgIpc) is 2.52. The van der Waals surface area contributed by atoms with Crippen molar-refractivity contribution >= 4 is 5.97 Å². The Hall–Kier alpha value is -0.610. The number of aliphatic hydroxyl groups excluding tert-OH is 2. The highest BCUT2D eigenvalue weighted by Crippen LogP contribution is 2.17. The van der Waals surface area contributed by atoms with Gasteiger partial charge in [0.05, 0.1) is 18.1 Å². The molecule has 0 aromatic carbocycles. The molecule has 24 heavy (non-hydrogen) atoms. The van der Waals surface area contributed by atoms with Crippen LogP contribution in [0.3, 0.4) is 0 Å². The molecule has 0 aliphatic heterocycles. The topological polar surface area (TPSA) is 77.8 Å². The van der Waals surface area contributed by atoms with Crippen LogP contribution in [0.5, 0.6) is 0 Å². The van der Waals surface area contributed by atoms with Crippen molar-refractivity contribution in [1.82, 2.24) is 0 Å². The Bertz CT molecular complexity index is 291. The molecule has 4 nitrogen and oxygen atoms in total. The van der Waals surface area contributed by atoms with E-state index in [0.717, 1.165) is 44.9 Å². The number of carboxylic acid groups (broad SMARTS) is 1. The van der Waals surface area contributed by atoms with E-state index in [9.17, 15) is 15.0 Å². The third-order valence-electron chi connectivity index (χ3n) is 4.84. The summed E-state index contributed by atoms with van der Waals surface area (Å²) in [5, 5.41) is 28.3. The van der Waals surface area contributed by atoms with Crippen molar-refractivity contribution in [3.63, 3.8) is 0 Å². The lowest BCUT2D eigenvalue weighted by Crippen LogP contribution is -2.25. The van der Waals surface area contributed by atoms with Crippen LogP contribution in [0.25, 0.3) is 0 Å². The van der Waals surface area contributed by atoms with Gasteiger partial charge in [-0.05, 0) is 26.2 Å². The van der Waals surface area contributed by atoms with Gasteiger partial charge in [-0.2, -0.15) is 0 Å². The Balaban J connectivity index is 3.37. The molecule has 4 heteroatoms. The van der Waals surface area contributed by atoms with Crippen molar-refractivity contribution in [2.45, 2.75) is 116 Å². The third-order valence-corrected chi connectivity index (χ3v) is 4.84. The van der Waals surface area contributed by atoms with Crippen LogP contribution in [0, 0.1) is 5.92 Å². The zero-order chi connectivity index (χ0) is 18.2. The summed E-state index contributed by atoms with van der Waals surface area (Å²) >= 11 is 0. The van der Waals surface area contributed by atoms with Gasteiger partial charge in [0.25, 0.3) is 0 Å². The summed E-state index contributed by atoms with van der Waals surface area (Å²) in [7, 11) is 0. The van der Waals surface area contributed by atoms with Crippen LogP contribution < -0.4 is 0 Å². The maximum absolute atomic E-state index is 11.0. The quantitative estimate of drug-likeness (QED) is 0.328. The van der Waals surface area contributed by atoms with Crippen LogP contribution in [-0.2, 0) is 4.79 Å². The van der Waals surface area contributed by atoms with E-state index in [1.54, 1.807) is 6.92 Å². The van der Waals surface area contributed by atoms with E-state index in [1.165, 1.54) is 38.5 Å². The fraction of sp³-hybridized carbons (Fsp3) is 0.950. The number of aliphatic hydroxyl groups is 2. The van der Waals surface area contributed by atoms with E-state index in [0.29, 0.717) is 6.42 Å². The molecule has 0 saturated carbocycles. The number of unbranched alkanes of at least 4 members (excludes halogenated alkanes) is 9. The van der Waals surface area contributed by atoms with Gasteiger partial charge >= 0.3 is 5.97 Å². The van der Waals surface area contributed by atoms with Gasteiger partial charge in [-0.1, -0.05) is 77.6 Å². The second kappa shape index (κ2) is 15.9. The van der Waals surface area contributed by atoms with E-state index < -0.39 is 18.0 Å². The normalized spacial score (nSPS) is 15.2. The molecule has 0 saturated heterocycles. The molecular weight excluding hydrogens is 304 g/mol. The minimum absolute atomic E-state index is 0.115. The van der Waals surface area contributed by atoms with Crippen molar-refractivity contribution in [3.05, 3.63) is 0 Å². The smallest absolute Gasteiger partial charge is 0.309 e. The van der Waals surface area contributed by atoms with E-state index in [4.69, 9.17) is 5.11 Å². The molecule has 0 aromatic rings. The van der Waals surface area contributed by atoms with Crippen molar-refractivity contribution in [1.29, 1.82) is 0 Å². The second-order valence-corrected chi connectivity index (χ2v) is 7.24. The monoisotopic (exact) mass is 344 g/mol. The standard InChI is InChI=1S/C20H40O4/c1-3-4-5-11-14-18(22)15-12-9-7-6-8-10-13-16-19(17(2)21)20(23)24/h17-19,21-22H,3-16H2,1-2H3,(H,23,24). The minimum atomic E-state index is -0.891. The summed E-state index contributed by atoms with van der Waals surface area (Å²) in [6, 6.07) is 0. The summed E-state index contributed by atoms with van der Waals surface area (Å²) in [6.07, 6.45) is 14.2. The molecule has 3 unspecified atom stereocenters. The predicted octanol–water partition coefficient (Wildman–Crippen LogP) is 4.91. The number of carbonyl (C=O) groups is 1. The number of carboxylic acids is 1. The Kier molecular flexibility index (Phi) is 15.5. The van der Waals surface area contributed by atoms with Crippen molar-refractivity contribution < 1.29 is 20.1 Å². The molecule has 0 bridgehead atoms. The molecule has 0 aliphatic rings. The number of aliphatic carboxylic acids is 1. The molecule has 0 aliphatic carbocycles. The van der Waals surface area contributed by atoms with E-state index in [1.807, 2.05) is 0 Å². The van der Waals surface area contributed by atoms with Gasteiger partial charge in [-0.3, -0.25) is 4.79 Å². The Morgan fingerprint density at radius 3 is 1.58 bits per heavy atom. The molecule has 0 spiro atoms. The largest absolute Gasteiger partial charge is 0.481 e. The summed E-state index contributed by atoms with van der Waals surface area (Å²) in [5.74, 6) is -1.51. The molecule has 0 amide bonds. The first kappa shape index (κ1) is 23.4. The fourth-order valence-corrected chi connectivity index (χ4v) is 3.15. The van der Waals surface area contributed by atoms with E-state index >= 15 is 0 Å². The SMILES string of the molecule is CCCCCCC(O)CCCCCCCCCC(C(=O)O)C(C)O. The fourth-order valence-electron chi connectivity index (χ4n) is 3.15. The first-order chi connectivity index (χ1) is 11.5. The van der Waals surface area contributed by atoms with Crippen LogP contribution >= 0.6 is 0 Å². The van der Waals surface area contributed by atoms with Crippen molar-refractivity contribution in [2.24, 2.45) is 5.92 Å². The summed E-state index contributed by atoms with van der Waals surface area (Å²) in [4.78, 5) is 11.0. The van der Waals surface area contributed by atoms with Gasteiger partial charge < -0.3 is 15.3 Å². The molecule has 3 atom stereocenters. The first-order valence-electron chi connectivity index (χ1n) is 10.1. The number of rotatable bonds is 17. The first-order valence-corrected chi connectivity index (χ1v) is 10.1. The second-order valence-electron chi connectivity index (χ2n) is 7.24. The predicted molar refractivity (Wildman–Crippen MR) is 99.1 cm³/mol. The maximum Gasteiger partial charge on any atom is 0.309 e. The van der Waals surface area contributed by atoms with Gasteiger partial charge in [-0.25, -0.2) is 0 Å². The highest BCUT2D eigenvalue weighted by atomic mass is 16.4. The van der Waals surface area contributed by atoms with Crippen LogP contribution in [0.4, 0.5) is 0 Å². The number of hydrogen-bond donors (Lipinski definition) is 3. The van der Waals surface area contributed by atoms with Gasteiger partial charge in [0.1, 0.15) is 0 Å². The molecule has 3 N–H and O–H groups in total. The Morgan fingerprint density at radius 1 is 0.750 bits per heavy atom. The van der Waals surface area contributed by atoms with Crippen LogP contribution in [0.1, 0.15) is 104 Å². The zero-order valence-corrected chi connectivity index (χ0v) is 15.9. The molecular formula is C20H40O4. The lowest BCUT2D eigenvalue weighted by Gasteiger charge is -2.14. The molecule has 0 radical (unpaired) electrons. The summed E-state index contributed by atoms with van der Waals surface area (Å²) in [6.45, 7) is 3.76. The van der Waals surface area contributed by atoms with Gasteiger partial charge in [0.15, 0.2) is 0 Å². The molecule has 144 valence electrons. The summed E-state index contributed by atoms with van der Waals surface area (Å²) in [5.41, 5.74) is 0. The lowest BCUT2D eigenvalue weighted by molar-refractivity contribution is -0.145. The van der Waals surface area contributed by atoms with E-state index in [-0.39, 0.29) is 6.10 Å². The average molecular weight is 345 g/mol. The van der Waals surface area contributed by atoms with Crippen LogP contribution in [0.2, 0.25) is 0 Å². The maximum atomic E-state index is 11.0. The van der Waals surface area contributed by atoms with Gasteiger partial charge in [-0.15, -0.1) is 0 Å². The van der Waals surface area contributed by atoms with E-state index in [2.05, 4.69) is 6.92 Å². The molecule has 0 aromatic heterocycles. The van der Waals surface area contributed by atoms with Crippen molar-refractivity contribution in [3.8, 4) is 0 Å². The minimum Gasteiger partial charge on any atom is -0.481 e. The molecule has 0 heterocycles. The Labute approximate surface area is 148 Å². The molecule has 0 fully saturated rings. The highest BCUT2D eigenvalue weighted by molar-refractivity contribution is 5.70. The van der Waals surface area contributed by atoms with Crippen molar-refractivity contribution in [2.75, 3.05) is 0 Å². The zero-order valence-electron chi connectivity index (χ0n) is 15.9. The van der Waals surface area contributed by atoms with Gasteiger partial charge in [0.2, 0.25) is 0 Å². The van der Waals surface area contributed by atoms with Crippen LogP contribution in [-0.4, -0.2) is 33.5 Å². The summed E-state index contributed by atoms with van der Waals surface area (Å²) < 4.78 is 0. The van der Waals surface area contributed by atoms with Crippen LogP contribution in [0.15, 0.2) is 0 Å². The third kappa shape index (κ3) is 13.8.